The molecule has 0 radical (unpaired) electrons. The zero-order valence-electron chi connectivity index (χ0n) is 31.2. The number of ketones is 2. The van der Waals surface area contributed by atoms with Gasteiger partial charge in [0.2, 0.25) is 0 Å². The van der Waals surface area contributed by atoms with Gasteiger partial charge < -0.3 is 53.6 Å². The lowest BCUT2D eigenvalue weighted by molar-refractivity contribution is -0.259. The van der Waals surface area contributed by atoms with Gasteiger partial charge in [-0.25, -0.2) is 0 Å². The van der Waals surface area contributed by atoms with Crippen molar-refractivity contribution in [2.45, 2.75) is 188 Å². The van der Waals surface area contributed by atoms with Crippen LogP contribution in [-0.2, 0) is 42.7 Å². The molecule has 7 rings (SSSR count). The van der Waals surface area contributed by atoms with Crippen molar-refractivity contribution in [1.82, 2.24) is 0 Å². The molecule has 298 valence electrons. The normalized spacial score (nSPS) is 47.7. The summed E-state index contributed by atoms with van der Waals surface area (Å²) in [5.41, 5.74) is 2.00. The molecule has 0 aliphatic carbocycles. The standard InChI is InChI=1S/C40H60O13/c1-19-11-26-7-9-29-20(2)12-25(48-29)6-5-22(42)15-33-35(45)39-40(53-33)36(46)38-30(52-39)10-8-27(50-38)13-23(43)14-28-32(17-31(49-26)21(19)3)51-34(37(28)47-4)16-24(44)18-41/h19,24-41,44-46H,2-3,5-18H2,1,4H3/t19-,24+,25?,26?,27?,28+,29?,30+,31?,32+,33+,34-,35+,36+,37-,38+,39+,40+/m1/s1. The van der Waals surface area contributed by atoms with Crippen molar-refractivity contribution >= 4 is 11.6 Å². The molecule has 0 aromatic carbocycles. The maximum Gasteiger partial charge on any atom is 0.135 e. The highest BCUT2D eigenvalue weighted by Crippen LogP contribution is 2.43. The van der Waals surface area contributed by atoms with Gasteiger partial charge >= 0.3 is 0 Å². The van der Waals surface area contributed by atoms with E-state index < -0.39 is 79.9 Å². The molecule has 7 heterocycles. The summed E-state index contributed by atoms with van der Waals surface area (Å²) in [6.45, 7) is 10.4. The van der Waals surface area contributed by atoms with E-state index in [4.69, 9.17) is 33.2 Å². The monoisotopic (exact) mass is 748 g/mol. The first-order chi connectivity index (χ1) is 25.4. The van der Waals surface area contributed by atoms with Crippen molar-refractivity contribution in [3.05, 3.63) is 24.3 Å². The van der Waals surface area contributed by atoms with E-state index in [1.165, 1.54) is 0 Å². The van der Waals surface area contributed by atoms with Crippen LogP contribution in [0.5, 0.6) is 0 Å². The van der Waals surface area contributed by atoms with Crippen molar-refractivity contribution in [3.63, 3.8) is 0 Å². The summed E-state index contributed by atoms with van der Waals surface area (Å²) in [4.78, 5) is 27.0. The molecule has 4 N–H and O–H groups in total. The average Bonchev–Trinajstić information content (AvgIpc) is 3.76. The van der Waals surface area contributed by atoms with Crippen LogP contribution in [-0.4, -0.2) is 143 Å². The largest absolute Gasteiger partial charge is 0.394 e. The maximum atomic E-state index is 13.9. The lowest BCUT2D eigenvalue weighted by Crippen LogP contribution is -2.61. The van der Waals surface area contributed by atoms with E-state index >= 15 is 0 Å². The third-order valence-electron chi connectivity index (χ3n) is 13.1. The highest BCUT2D eigenvalue weighted by molar-refractivity contribution is 5.79. The Morgan fingerprint density at radius 1 is 0.736 bits per heavy atom. The van der Waals surface area contributed by atoms with Gasteiger partial charge in [-0.3, -0.25) is 9.59 Å². The number of methoxy groups -OCH3 is 1. The minimum atomic E-state index is -1.10. The topological polar surface area (TPSA) is 180 Å². The summed E-state index contributed by atoms with van der Waals surface area (Å²) in [7, 11) is 1.58. The Labute approximate surface area is 312 Å². The smallest absolute Gasteiger partial charge is 0.135 e. The Kier molecular flexibility index (Phi) is 12.6. The molecular weight excluding hydrogens is 688 g/mol. The van der Waals surface area contributed by atoms with Gasteiger partial charge in [-0.05, 0) is 62.0 Å². The summed E-state index contributed by atoms with van der Waals surface area (Å²) < 4.78 is 44.3. The summed E-state index contributed by atoms with van der Waals surface area (Å²) in [5.74, 6) is -0.221. The second-order valence-electron chi connectivity index (χ2n) is 16.8. The van der Waals surface area contributed by atoms with E-state index in [1.54, 1.807) is 7.11 Å². The zero-order valence-corrected chi connectivity index (χ0v) is 31.2. The molecule has 7 fully saturated rings. The fraction of sp³-hybridized carbons (Fsp3) is 0.850. The van der Waals surface area contributed by atoms with E-state index in [1.807, 2.05) is 0 Å². The van der Waals surface area contributed by atoms with E-state index in [-0.39, 0.29) is 79.9 Å². The zero-order chi connectivity index (χ0) is 37.6. The van der Waals surface area contributed by atoms with Gasteiger partial charge in [-0.2, -0.15) is 0 Å². The Morgan fingerprint density at radius 2 is 1.45 bits per heavy atom. The molecule has 0 amide bonds. The lowest BCUT2D eigenvalue weighted by atomic mass is 9.81. The Hall–Kier alpha value is -1.62. The molecule has 0 aromatic heterocycles. The highest BCUT2D eigenvalue weighted by atomic mass is 16.6. The SMILES string of the molecule is C=C1CC2CCC(=O)C[C@@H]3O[C@H]4[C@@H](O)[C@H]5OC(CC[C@@H]5O[C@H]4[C@H]3O)CC(=O)C[C@@H]3[C@@H](OC)[C@@H](C[C@H](O)CO)O[C@H]3CC3OC(CCC1O2)C[C@@H](C)C3=C. The lowest BCUT2D eigenvalue weighted by Gasteiger charge is -2.46. The Morgan fingerprint density at radius 3 is 2.23 bits per heavy atom. The maximum absolute atomic E-state index is 13.9. The summed E-state index contributed by atoms with van der Waals surface area (Å²) in [5, 5.41) is 42.6. The molecule has 0 spiro atoms. The van der Waals surface area contributed by atoms with Gasteiger partial charge in [-0.15, -0.1) is 0 Å². The number of carbonyl (C=O) groups excluding carboxylic acids is 2. The minimum absolute atomic E-state index is 0.00643. The average molecular weight is 749 g/mol. The van der Waals surface area contributed by atoms with Crippen LogP contribution in [0, 0.1) is 11.8 Å². The van der Waals surface area contributed by atoms with Gasteiger partial charge in [0.1, 0.15) is 42.1 Å². The van der Waals surface area contributed by atoms with Crippen LogP contribution >= 0.6 is 0 Å². The summed E-state index contributed by atoms with van der Waals surface area (Å²) in [6.07, 6.45) is -3.55. The first-order valence-electron chi connectivity index (χ1n) is 19.9. The van der Waals surface area contributed by atoms with Crippen molar-refractivity contribution in [3.8, 4) is 0 Å². The van der Waals surface area contributed by atoms with E-state index in [2.05, 4.69) is 20.1 Å². The molecule has 53 heavy (non-hydrogen) atoms. The van der Waals surface area contributed by atoms with E-state index in [0.717, 1.165) is 30.4 Å². The molecule has 0 saturated carbocycles. The van der Waals surface area contributed by atoms with Crippen LogP contribution < -0.4 is 0 Å². The molecule has 7 aliphatic heterocycles. The quantitative estimate of drug-likeness (QED) is 0.308. The minimum Gasteiger partial charge on any atom is -0.394 e. The molecule has 18 atom stereocenters. The molecular formula is C40H60O13. The van der Waals surface area contributed by atoms with Crippen LogP contribution in [0.4, 0.5) is 0 Å². The number of aliphatic hydroxyl groups excluding tert-OH is 4. The van der Waals surface area contributed by atoms with Crippen molar-refractivity contribution in [1.29, 1.82) is 0 Å². The predicted octanol–water partition coefficient (Wildman–Crippen LogP) is 2.27. The van der Waals surface area contributed by atoms with Gasteiger partial charge in [0, 0.05) is 51.6 Å². The highest BCUT2D eigenvalue weighted by Gasteiger charge is 2.57. The molecule has 8 bridgehead atoms. The van der Waals surface area contributed by atoms with Crippen LogP contribution in [0.25, 0.3) is 0 Å². The van der Waals surface area contributed by atoms with E-state index in [0.29, 0.717) is 32.1 Å². The van der Waals surface area contributed by atoms with Crippen LogP contribution in [0.3, 0.4) is 0 Å². The fourth-order valence-electron chi connectivity index (χ4n) is 10.1. The number of rotatable bonds is 4. The number of aliphatic hydroxyl groups is 4. The number of ether oxygens (including phenoxy) is 7. The molecule has 5 unspecified atom stereocenters. The van der Waals surface area contributed by atoms with Crippen LogP contribution in [0.15, 0.2) is 24.3 Å². The van der Waals surface area contributed by atoms with Crippen molar-refractivity contribution in [2.75, 3.05) is 13.7 Å². The molecule has 13 heteroatoms. The summed E-state index contributed by atoms with van der Waals surface area (Å²) >= 11 is 0. The van der Waals surface area contributed by atoms with Gasteiger partial charge in [0.15, 0.2) is 0 Å². The number of hydrogen-bond donors (Lipinski definition) is 4. The Balaban J connectivity index is 1.11. The first-order valence-corrected chi connectivity index (χ1v) is 19.9. The van der Waals surface area contributed by atoms with Gasteiger partial charge in [-0.1, -0.05) is 20.1 Å². The molecule has 7 aliphatic rings. The number of fused-ring (bicyclic) bond motifs is 7. The fourth-order valence-corrected chi connectivity index (χ4v) is 10.1. The van der Waals surface area contributed by atoms with Gasteiger partial charge in [0.25, 0.3) is 0 Å². The second kappa shape index (κ2) is 16.9. The molecule has 0 aromatic rings. The number of Topliss-reactive ketones (excluding diaryl/α,β-unsaturated/α-hetero) is 2. The Bertz CT molecular complexity index is 1340. The van der Waals surface area contributed by atoms with Crippen LogP contribution in [0.2, 0.25) is 0 Å². The van der Waals surface area contributed by atoms with Crippen molar-refractivity contribution < 1.29 is 63.2 Å². The third-order valence-corrected chi connectivity index (χ3v) is 13.1. The summed E-state index contributed by atoms with van der Waals surface area (Å²) in [6, 6.07) is 0. The number of carbonyl (C=O) groups is 2. The van der Waals surface area contributed by atoms with Gasteiger partial charge in [0.05, 0.1) is 73.8 Å². The predicted molar refractivity (Wildman–Crippen MR) is 189 cm³/mol. The second-order valence-corrected chi connectivity index (χ2v) is 16.8. The molecule has 7 saturated heterocycles. The van der Waals surface area contributed by atoms with E-state index in [9.17, 15) is 30.0 Å². The number of hydrogen-bond acceptors (Lipinski definition) is 13. The molecule has 13 nitrogen and oxygen atoms in total. The van der Waals surface area contributed by atoms with Crippen molar-refractivity contribution in [2.24, 2.45) is 11.8 Å². The third kappa shape index (κ3) is 8.56. The van der Waals surface area contributed by atoms with Crippen LogP contribution in [0.1, 0.15) is 90.4 Å². The first kappa shape index (κ1) is 39.6.